The van der Waals surface area contributed by atoms with Gasteiger partial charge < -0.3 is 14.7 Å². The molecule has 0 unspecified atom stereocenters. The van der Waals surface area contributed by atoms with E-state index >= 15 is 0 Å². The van der Waals surface area contributed by atoms with Gasteiger partial charge in [0.1, 0.15) is 11.0 Å². The fourth-order valence-electron chi connectivity index (χ4n) is 2.91. The third kappa shape index (κ3) is 2.65. The largest absolute Gasteiger partial charge is 0.503 e. The number of imidazole rings is 1. The van der Waals surface area contributed by atoms with Crippen molar-refractivity contribution in [1.29, 1.82) is 0 Å². The molecule has 0 aliphatic rings. The molecule has 0 amide bonds. The predicted molar refractivity (Wildman–Crippen MR) is 90.6 cm³/mol. The Morgan fingerprint density at radius 2 is 1.89 bits per heavy atom. The summed E-state index contributed by atoms with van der Waals surface area (Å²) in [5.74, 6) is -0.795. The van der Waals surface area contributed by atoms with Crippen LogP contribution in [0.5, 0.6) is 5.75 Å². The molecule has 0 aliphatic carbocycles. The number of aryl methyl sites for hydroxylation is 1. The lowest BCUT2D eigenvalue weighted by Crippen LogP contribution is -2.12. The number of hydrogen-bond acceptors (Lipinski definition) is 4. The summed E-state index contributed by atoms with van der Waals surface area (Å²) in [7, 11) is 1.29. The van der Waals surface area contributed by atoms with Crippen molar-refractivity contribution in [3.05, 3.63) is 58.9 Å². The number of alkyl halides is 3. The van der Waals surface area contributed by atoms with Crippen LogP contribution in [0.2, 0.25) is 0 Å². The van der Waals surface area contributed by atoms with Crippen LogP contribution in [0.3, 0.4) is 0 Å². The number of nitrogens with zero attached hydrogens (tertiary/aromatic N) is 4. The maximum absolute atomic E-state index is 13.1. The molecule has 1 aromatic carbocycles. The molecular formula is C17H12F3N5O2. The minimum Gasteiger partial charge on any atom is -0.503 e. The Bertz CT molecular complexity index is 1190. The van der Waals surface area contributed by atoms with Gasteiger partial charge >= 0.3 is 6.18 Å². The van der Waals surface area contributed by atoms with E-state index in [1.807, 2.05) is 0 Å². The van der Waals surface area contributed by atoms with Crippen molar-refractivity contribution in [1.82, 2.24) is 24.3 Å². The molecule has 27 heavy (non-hydrogen) atoms. The predicted octanol–water partition coefficient (Wildman–Crippen LogP) is 2.84. The van der Waals surface area contributed by atoms with Crippen LogP contribution >= 0.6 is 0 Å². The average Bonchev–Trinajstić information content (AvgIpc) is 3.26. The van der Waals surface area contributed by atoms with Crippen molar-refractivity contribution in [3.8, 4) is 22.7 Å². The highest BCUT2D eigenvalue weighted by Crippen LogP contribution is 2.34. The lowest BCUT2D eigenvalue weighted by atomic mass is 10.1. The lowest BCUT2D eigenvalue weighted by molar-refractivity contribution is -0.140. The van der Waals surface area contributed by atoms with Gasteiger partial charge in [0.05, 0.1) is 12.0 Å². The fraction of sp³-hybridized carbons (Fsp3) is 0.118. The molecular weight excluding hydrogens is 363 g/mol. The number of pyridine rings is 1. The number of hydrogen-bond donors (Lipinski definition) is 2. The first-order valence-electron chi connectivity index (χ1n) is 7.75. The Balaban J connectivity index is 1.90. The van der Waals surface area contributed by atoms with Crippen LogP contribution in [-0.2, 0) is 13.2 Å². The van der Waals surface area contributed by atoms with Crippen molar-refractivity contribution in [3.63, 3.8) is 0 Å². The molecule has 3 heterocycles. The number of rotatable bonds is 2. The summed E-state index contributed by atoms with van der Waals surface area (Å²) >= 11 is 0. The number of aromatic hydroxyl groups is 1. The highest BCUT2D eigenvalue weighted by molar-refractivity contribution is 5.85. The Kier molecular flexibility index (Phi) is 3.58. The van der Waals surface area contributed by atoms with Crippen molar-refractivity contribution in [2.24, 2.45) is 7.05 Å². The van der Waals surface area contributed by atoms with Gasteiger partial charge in [-0.3, -0.25) is 9.48 Å². The summed E-state index contributed by atoms with van der Waals surface area (Å²) in [6.07, 6.45) is 0.155. The zero-order valence-electron chi connectivity index (χ0n) is 13.8. The van der Waals surface area contributed by atoms with E-state index in [0.717, 1.165) is 10.4 Å². The monoisotopic (exact) mass is 375 g/mol. The van der Waals surface area contributed by atoms with E-state index in [1.165, 1.54) is 7.05 Å². The van der Waals surface area contributed by atoms with E-state index in [2.05, 4.69) is 15.1 Å². The number of H-pyrrole nitrogens is 1. The third-order valence-corrected chi connectivity index (χ3v) is 4.20. The van der Waals surface area contributed by atoms with E-state index in [1.54, 1.807) is 47.6 Å². The van der Waals surface area contributed by atoms with Gasteiger partial charge in [-0.05, 0) is 12.1 Å². The Morgan fingerprint density at radius 1 is 1.19 bits per heavy atom. The fourth-order valence-corrected chi connectivity index (χ4v) is 2.91. The summed E-state index contributed by atoms with van der Waals surface area (Å²) in [6, 6.07) is 6.72. The van der Waals surface area contributed by atoms with E-state index in [-0.39, 0.29) is 11.3 Å². The third-order valence-electron chi connectivity index (χ3n) is 4.20. The van der Waals surface area contributed by atoms with Crippen molar-refractivity contribution in [2.75, 3.05) is 0 Å². The van der Waals surface area contributed by atoms with Gasteiger partial charge in [-0.1, -0.05) is 12.1 Å². The van der Waals surface area contributed by atoms with Crippen LogP contribution in [0.1, 0.15) is 5.69 Å². The first kappa shape index (κ1) is 16.9. The van der Waals surface area contributed by atoms with E-state index in [4.69, 9.17) is 0 Å². The first-order valence-corrected chi connectivity index (χ1v) is 7.75. The van der Waals surface area contributed by atoms with Crippen molar-refractivity contribution in [2.45, 2.75) is 6.18 Å². The van der Waals surface area contributed by atoms with Crippen LogP contribution < -0.4 is 5.43 Å². The first-order chi connectivity index (χ1) is 12.8. The SMILES string of the molecule is Cn1nc(C(F)(F)F)c2c(=O)c(O)c(-c3ccc(-n4ccnc4)cc3)[nH]c21. The second kappa shape index (κ2) is 5.73. The Hall–Kier alpha value is -3.56. The van der Waals surface area contributed by atoms with Gasteiger partial charge in [0.2, 0.25) is 5.43 Å². The molecule has 2 N–H and O–H groups in total. The summed E-state index contributed by atoms with van der Waals surface area (Å²) in [5, 5.41) is 12.9. The van der Waals surface area contributed by atoms with E-state index in [9.17, 15) is 23.1 Å². The van der Waals surface area contributed by atoms with Crippen LogP contribution in [0.4, 0.5) is 13.2 Å². The van der Waals surface area contributed by atoms with E-state index < -0.39 is 28.4 Å². The van der Waals surface area contributed by atoms with Gasteiger partial charge in [0.25, 0.3) is 0 Å². The summed E-state index contributed by atoms with van der Waals surface area (Å²) < 4.78 is 42.1. The zero-order chi connectivity index (χ0) is 19.3. The van der Waals surface area contributed by atoms with Gasteiger partial charge in [-0.25, -0.2) is 4.98 Å². The molecule has 4 rings (SSSR count). The molecule has 3 aromatic heterocycles. The Morgan fingerprint density at radius 3 is 2.48 bits per heavy atom. The molecule has 0 radical (unpaired) electrons. The minimum absolute atomic E-state index is 0.0152. The average molecular weight is 375 g/mol. The minimum atomic E-state index is -4.81. The van der Waals surface area contributed by atoms with Gasteiger partial charge in [-0.15, -0.1) is 0 Å². The lowest BCUT2D eigenvalue weighted by Gasteiger charge is -2.08. The van der Waals surface area contributed by atoms with Gasteiger partial charge in [-0.2, -0.15) is 18.3 Å². The molecule has 0 saturated heterocycles. The van der Waals surface area contributed by atoms with Gasteiger partial charge in [0.15, 0.2) is 11.4 Å². The quantitative estimate of drug-likeness (QED) is 0.564. The molecule has 0 saturated carbocycles. The highest BCUT2D eigenvalue weighted by Gasteiger charge is 2.38. The van der Waals surface area contributed by atoms with Crippen LogP contribution in [-0.4, -0.2) is 29.4 Å². The second-order valence-corrected chi connectivity index (χ2v) is 5.89. The number of aromatic amines is 1. The smallest absolute Gasteiger partial charge is 0.435 e. The molecule has 138 valence electrons. The van der Waals surface area contributed by atoms with E-state index in [0.29, 0.717) is 5.56 Å². The molecule has 0 fully saturated rings. The standard InChI is InChI=1S/C17H12F3N5O2/c1-24-16-11(15(23-24)17(18,19)20)13(26)14(27)12(22-16)9-2-4-10(5-3-9)25-7-6-21-8-25/h2-8,27H,1H3,(H,22,26). The maximum atomic E-state index is 13.1. The van der Waals surface area contributed by atoms with Gasteiger partial charge in [0, 0.05) is 30.7 Å². The van der Waals surface area contributed by atoms with Crippen LogP contribution in [0.15, 0.2) is 47.8 Å². The number of benzene rings is 1. The summed E-state index contributed by atoms with van der Waals surface area (Å²) in [4.78, 5) is 19.1. The number of aromatic nitrogens is 5. The summed E-state index contributed by atoms with van der Waals surface area (Å²) in [5.41, 5.74) is -1.35. The normalized spacial score (nSPS) is 12.0. The maximum Gasteiger partial charge on any atom is 0.435 e. The summed E-state index contributed by atoms with van der Waals surface area (Å²) in [6.45, 7) is 0. The zero-order valence-corrected chi connectivity index (χ0v) is 13.8. The molecule has 0 bridgehead atoms. The molecule has 0 aliphatic heterocycles. The number of nitrogens with one attached hydrogen (secondary N) is 1. The van der Waals surface area contributed by atoms with Crippen molar-refractivity contribution < 1.29 is 18.3 Å². The molecule has 0 atom stereocenters. The number of halogens is 3. The molecule has 0 spiro atoms. The van der Waals surface area contributed by atoms with Crippen LogP contribution in [0.25, 0.3) is 28.0 Å². The van der Waals surface area contributed by atoms with Crippen molar-refractivity contribution >= 4 is 11.0 Å². The second-order valence-electron chi connectivity index (χ2n) is 5.89. The topological polar surface area (TPSA) is 88.7 Å². The highest BCUT2D eigenvalue weighted by atomic mass is 19.4. The number of fused-ring (bicyclic) bond motifs is 1. The Labute approximate surface area is 149 Å². The molecule has 4 aromatic rings. The molecule has 10 heteroatoms. The van der Waals surface area contributed by atoms with Crippen LogP contribution in [0, 0.1) is 0 Å². The molecule has 7 nitrogen and oxygen atoms in total.